The molecule has 0 aliphatic carbocycles. The summed E-state index contributed by atoms with van der Waals surface area (Å²) in [6.45, 7) is 15.7. The maximum Gasteiger partial charge on any atom is 0.328 e. The minimum atomic E-state index is -0.527. The van der Waals surface area contributed by atoms with Gasteiger partial charge >= 0.3 is 6.01 Å². The first-order chi connectivity index (χ1) is 17.1. The van der Waals surface area contributed by atoms with Gasteiger partial charge in [0.15, 0.2) is 0 Å². The molecular formula is C27H41N7O3. The lowest BCUT2D eigenvalue weighted by atomic mass is 9.79. The van der Waals surface area contributed by atoms with Gasteiger partial charge in [-0.3, -0.25) is 0 Å². The van der Waals surface area contributed by atoms with E-state index in [0.717, 1.165) is 0 Å². The molecule has 10 heteroatoms. The van der Waals surface area contributed by atoms with Gasteiger partial charge in [-0.15, -0.1) is 20.5 Å². The lowest BCUT2D eigenvalue weighted by Crippen LogP contribution is -2.60. The summed E-state index contributed by atoms with van der Waals surface area (Å²) in [6, 6.07) is 9.53. The van der Waals surface area contributed by atoms with Crippen LogP contribution in [0, 0.1) is 0 Å². The second-order valence-corrected chi connectivity index (χ2v) is 13.0. The summed E-state index contributed by atoms with van der Waals surface area (Å²) in [5.41, 5.74) is -2.11. The van der Waals surface area contributed by atoms with Crippen molar-refractivity contribution in [2.75, 3.05) is 10.6 Å². The fourth-order valence-electron chi connectivity index (χ4n) is 6.22. The van der Waals surface area contributed by atoms with E-state index in [4.69, 9.17) is 4.74 Å². The molecule has 0 spiro atoms. The Morgan fingerprint density at radius 2 is 1.05 bits per heavy atom. The summed E-state index contributed by atoms with van der Waals surface area (Å²) in [5.74, 6) is 1.40. The van der Waals surface area contributed by atoms with Crippen molar-refractivity contribution in [3.63, 3.8) is 0 Å². The lowest BCUT2D eigenvalue weighted by Gasteiger charge is -2.50. The van der Waals surface area contributed by atoms with Gasteiger partial charge in [0.2, 0.25) is 11.9 Å². The van der Waals surface area contributed by atoms with Crippen LogP contribution in [0.2, 0.25) is 0 Å². The number of hydrogen-bond acceptors (Lipinski definition) is 8. The molecule has 4 rings (SSSR count). The van der Waals surface area contributed by atoms with E-state index in [0.29, 0.717) is 43.3 Å². The number of nitrogens with zero attached hydrogens (tertiary/aromatic N) is 5. The van der Waals surface area contributed by atoms with Crippen LogP contribution in [0.25, 0.3) is 0 Å². The predicted octanol–water partition coefficient (Wildman–Crippen LogP) is 5.22. The van der Waals surface area contributed by atoms with Crippen molar-refractivity contribution in [3.05, 3.63) is 30.3 Å². The van der Waals surface area contributed by atoms with Crippen molar-refractivity contribution in [2.24, 2.45) is 0 Å². The molecule has 2 aliphatic rings. The predicted molar refractivity (Wildman–Crippen MR) is 141 cm³/mol. The zero-order valence-electron chi connectivity index (χ0n) is 23.3. The number of aromatic nitrogens is 3. The van der Waals surface area contributed by atoms with Crippen LogP contribution in [-0.4, -0.2) is 59.3 Å². The van der Waals surface area contributed by atoms with E-state index in [-0.39, 0.29) is 18.1 Å². The summed E-state index contributed by atoms with van der Waals surface area (Å²) < 4.78 is 5.98. The molecule has 37 heavy (non-hydrogen) atoms. The molecule has 10 nitrogen and oxygen atoms in total. The fourth-order valence-corrected chi connectivity index (χ4v) is 6.22. The summed E-state index contributed by atoms with van der Waals surface area (Å²) >= 11 is 0. The normalized spacial score (nSPS) is 23.9. The lowest BCUT2D eigenvalue weighted by molar-refractivity contribution is -0.288. The smallest absolute Gasteiger partial charge is 0.328 e. The molecule has 3 heterocycles. The SMILES string of the molecule is CC1(C)CC(Nc2nc(NC3CC(C)(C)N([O])C(C)(C)C3)nc(Oc3ccccc3)n2)CC(C)(C)N1[O]. The summed E-state index contributed by atoms with van der Waals surface area (Å²) in [6.07, 6.45) is 2.59. The third-order valence-electron chi connectivity index (χ3n) is 7.42. The van der Waals surface area contributed by atoms with Crippen molar-refractivity contribution >= 4 is 11.9 Å². The maximum atomic E-state index is 12.8. The van der Waals surface area contributed by atoms with E-state index in [9.17, 15) is 10.4 Å². The molecule has 2 aromatic rings. The Morgan fingerprint density at radius 1 is 0.676 bits per heavy atom. The highest BCUT2D eigenvalue weighted by Gasteiger charge is 2.47. The third kappa shape index (κ3) is 6.14. The second kappa shape index (κ2) is 9.65. The summed E-state index contributed by atoms with van der Waals surface area (Å²) in [5, 5.41) is 34.9. The van der Waals surface area contributed by atoms with E-state index in [1.54, 1.807) is 0 Å². The monoisotopic (exact) mass is 511 g/mol. The third-order valence-corrected chi connectivity index (χ3v) is 7.42. The van der Waals surface area contributed by atoms with Crippen molar-refractivity contribution in [2.45, 2.75) is 115 Å². The molecule has 202 valence electrons. The molecule has 1 aromatic heterocycles. The minimum absolute atomic E-state index is 0.00315. The number of nitrogens with one attached hydrogen (secondary N) is 2. The van der Waals surface area contributed by atoms with E-state index in [1.807, 2.05) is 85.7 Å². The number of piperidine rings is 2. The van der Waals surface area contributed by atoms with Crippen LogP contribution in [0.1, 0.15) is 81.1 Å². The second-order valence-electron chi connectivity index (χ2n) is 13.0. The van der Waals surface area contributed by atoms with Crippen molar-refractivity contribution in [1.29, 1.82) is 0 Å². The Bertz CT molecular complexity index is 992. The minimum Gasteiger partial charge on any atom is -0.424 e. The van der Waals surface area contributed by atoms with Gasteiger partial charge in [0.25, 0.3) is 0 Å². The Labute approximate surface area is 220 Å². The number of anilines is 2. The number of hydroxylamine groups is 4. The molecule has 2 radical (unpaired) electrons. The summed E-state index contributed by atoms with van der Waals surface area (Å²) in [7, 11) is 0. The van der Waals surface area contributed by atoms with Crippen LogP contribution in [0.15, 0.2) is 30.3 Å². The molecule has 2 saturated heterocycles. The first-order valence-electron chi connectivity index (χ1n) is 13.0. The van der Waals surface area contributed by atoms with Gasteiger partial charge in [-0.1, -0.05) is 18.2 Å². The number of para-hydroxylation sites is 1. The molecule has 2 fully saturated rings. The van der Waals surface area contributed by atoms with Crippen LogP contribution in [-0.2, 0) is 10.4 Å². The van der Waals surface area contributed by atoms with Gasteiger partial charge in [0.1, 0.15) is 5.75 Å². The standard InChI is InChI=1S/C27H41N7O3/c1-24(2)14-18(15-25(3,4)33(24)35)28-21-30-22(32-23(31-21)37-20-12-10-9-11-13-20)29-19-16-26(5,6)34(36)27(7,8)17-19/h9-13,18-19H,14-17H2,1-8H3,(H2,28,29,30,31,32). The van der Waals surface area contributed by atoms with Gasteiger partial charge in [-0.05, 0) is 93.2 Å². The maximum absolute atomic E-state index is 12.8. The number of hydrogen-bond donors (Lipinski definition) is 2. The zero-order valence-corrected chi connectivity index (χ0v) is 23.3. The fraction of sp³-hybridized carbons (Fsp3) is 0.667. The zero-order chi connectivity index (χ0) is 27.2. The Balaban J connectivity index is 1.61. The molecule has 2 aliphatic heterocycles. The molecule has 0 unspecified atom stereocenters. The van der Waals surface area contributed by atoms with Crippen LogP contribution in [0.5, 0.6) is 11.8 Å². The molecule has 1 aromatic carbocycles. The van der Waals surface area contributed by atoms with E-state index < -0.39 is 22.2 Å². The molecule has 0 saturated carbocycles. The van der Waals surface area contributed by atoms with Crippen molar-refractivity contribution in [3.8, 4) is 11.8 Å². The topological polar surface area (TPSA) is 118 Å². The Hall–Kier alpha value is -2.53. The largest absolute Gasteiger partial charge is 0.424 e. The van der Waals surface area contributed by atoms with Crippen LogP contribution in [0.4, 0.5) is 11.9 Å². The highest BCUT2D eigenvalue weighted by Crippen LogP contribution is 2.39. The van der Waals surface area contributed by atoms with Gasteiger partial charge < -0.3 is 15.4 Å². The van der Waals surface area contributed by atoms with Crippen molar-refractivity contribution < 1.29 is 15.2 Å². The van der Waals surface area contributed by atoms with E-state index in [1.165, 1.54) is 10.1 Å². The molecule has 2 N–H and O–H groups in total. The van der Waals surface area contributed by atoms with E-state index >= 15 is 0 Å². The van der Waals surface area contributed by atoms with Gasteiger partial charge in [-0.2, -0.15) is 15.0 Å². The number of benzene rings is 1. The average molecular weight is 512 g/mol. The summed E-state index contributed by atoms with van der Waals surface area (Å²) in [4.78, 5) is 13.8. The highest BCUT2D eigenvalue weighted by molar-refractivity contribution is 5.39. The first-order valence-corrected chi connectivity index (χ1v) is 13.0. The molecule has 0 atom stereocenters. The van der Waals surface area contributed by atoms with Gasteiger partial charge in [0, 0.05) is 34.2 Å². The number of ether oxygens (including phenoxy) is 1. The van der Waals surface area contributed by atoms with Crippen LogP contribution in [0.3, 0.4) is 0 Å². The van der Waals surface area contributed by atoms with Gasteiger partial charge in [-0.25, -0.2) is 0 Å². The first kappa shape index (κ1) is 27.5. The Morgan fingerprint density at radius 3 is 1.43 bits per heavy atom. The molecular weight excluding hydrogens is 470 g/mol. The number of rotatable bonds is 6. The van der Waals surface area contributed by atoms with E-state index in [2.05, 4.69) is 25.6 Å². The van der Waals surface area contributed by atoms with Crippen LogP contribution >= 0.6 is 0 Å². The quantitative estimate of drug-likeness (QED) is 0.542. The average Bonchev–Trinajstić information content (AvgIpc) is 2.75. The molecule has 0 bridgehead atoms. The highest BCUT2D eigenvalue weighted by atomic mass is 16.5. The Kier molecular flexibility index (Phi) is 7.17. The van der Waals surface area contributed by atoms with Crippen LogP contribution < -0.4 is 15.4 Å². The van der Waals surface area contributed by atoms with Crippen molar-refractivity contribution in [1.82, 2.24) is 25.1 Å². The van der Waals surface area contributed by atoms with Gasteiger partial charge in [0.05, 0.1) is 0 Å². The molecule has 0 amide bonds.